The van der Waals surface area contributed by atoms with E-state index in [9.17, 15) is 18.0 Å². The van der Waals surface area contributed by atoms with E-state index in [1.54, 1.807) is 41.9 Å². The third kappa shape index (κ3) is 5.22. The molecule has 1 aliphatic carbocycles. The van der Waals surface area contributed by atoms with Crippen molar-refractivity contribution in [1.29, 1.82) is 0 Å². The van der Waals surface area contributed by atoms with E-state index in [0.29, 0.717) is 25.2 Å². The van der Waals surface area contributed by atoms with Gasteiger partial charge in [-0.3, -0.25) is 9.59 Å². The van der Waals surface area contributed by atoms with Crippen molar-refractivity contribution in [3.8, 4) is 0 Å². The molecule has 2 aliphatic rings. The topological polar surface area (TPSA) is 82.9 Å². The number of carbonyl (C=O) groups excluding carboxylic acids is 1. The zero-order valence-corrected chi connectivity index (χ0v) is 24.1. The van der Waals surface area contributed by atoms with Crippen LogP contribution in [-0.4, -0.2) is 66.9 Å². The maximum atomic E-state index is 13.6. The fourth-order valence-electron chi connectivity index (χ4n) is 6.02. The van der Waals surface area contributed by atoms with E-state index in [4.69, 9.17) is 0 Å². The Kier molecular flexibility index (Phi) is 7.57. The number of hydrogen-bond acceptors (Lipinski definition) is 5. The van der Waals surface area contributed by atoms with Crippen LogP contribution in [-0.2, 0) is 17.1 Å². The summed E-state index contributed by atoms with van der Waals surface area (Å²) in [6, 6.07) is 13.1. The first kappa shape index (κ1) is 27.4. The number of rotatable bonds is 5. The zero-order valence-electron chi connectivity index (χ0n) is 23.3. The van der Waals surface area contributed by atoms with Crippen LogP contribution in [0.3, 0.4) is 0 Å². The lowest BCUT2D eigenvalue weighted by atomic mass is 9.96. The lowest BCUT2D eigenvalue weighted by Gasteiger charge is -2.41. The second kappa shape index (κ2) is 10.8. The molecule has 1 aromatic heterocycles. The van der Waals surface area contributed by atoms with E-state index < -0.39 is 15.5 Å². The van der Waals surface area contributed by atoms with Gasteiger partial charge in [0.25, 0.3) is 5.91 Å². The fourth-order valence-corrected chi connectivity index (χ4v) is 7.47. The van der Waals surface area contributed by atoms with E-state index in [0.717, 1.165) is 37.8 Å². The number of pyridine rings is 1. The molecule has 9 heteroatoms. The van der Waals surface area contributed by atoms with Gasteiger partial charge in [-0.15, -0.1) is 0 Å². The summed E-state index contributed by atoms with van der Waals surface area (Å²) < 4.78 is 30.1. The van der Waals surface area contributed by atoms with Gasteiger partial charge >= 0.3 is 0 Å². The molecule has 0 radical (unpaired) electrons. The van der Waals surface area contributed by atoms with Crippen LogP contribution in [0.5, 0.6) is 0 Å². The Labute approximate surface area is 230 Å². The lowest BCUT2D eigenvalue weighted by molar-refractivity contribution is 0.0724. The van der Waals surface area contributed by atoms with Gasteiger partial charge in [0, 0.05) is 63.1 Å². The normalized spacial score (nSPS) is 19.2. The van der Waals surface area contributed by atoms with Gasteiger partial charge in [-0.25, -0.2) is 8.42 Å². The standard InChI is InChI=1S/C30H38N4O4S/c1-21-10-12-24(13-11-21)34-17-16-33(19-22(34)2)30(36)27-20-31(3)28-15-14-25(18-26(28)29(27)35)39(37,38)32(4)23-8-6-5-7-9-23/h10-15,18,20,22-23H,5-9,16-17,19H2,1-4H3/t22-/m0/s1. The maximum Gasteiger partial charge on any atom is 0.259 e. The van der Waals surface area contributed by atoms with Crippen LogP contribution in [0.2, 0.25) is 0 Å². The molecule has 39 heavy (non-hydrogen) atoms. The minimum absolute atomic E-state index is 0.0317. The number of amides is 1. The van der Waals surface area contributed by atoms with Crippen LogP contribution in [0.1, 0.15) is 54.9 Å². The molecule has 1 saturated heterocycles. The van der Waals surface area contributed by atoms with Gasteiger partial charge in [0.1, 0.15) is 5.56 Å². The summed E-state index contributed by atoms with van der Waals surface area (Å²) in [5, 5.41) is 0.243. The number of aromatic nitrogens is 1. The summed E-state index contributed by atoms with van der Waals surface area (Å²) in [7, 11) is -0.365. The Morgan fingerprint density at radius 3 is 2.36 bits per heavy atom. The number of carbonyl (C=O) groups is 1. The summed E-state index contributed by atoms with van der Waals surface area (Å²) in [6.07, 6.45) is 6.44. The molecule has 1 aliphatic heterocycles. The molecule has 208 valence electrons. The second-order valence-electron chi connectivity index (χ2n) is 11.1. The van der Waals surface area contributed by atoms with Crippen LogP contribution in [0.15, 0.2) is 58.4 Å². The average molecular weight is 551 g/mol. The van der Waals surface area contributed by atoms with Crippen LogP contribution >= 0.6 is 0 Å². The van der Waals surface area contributed by atoms with Crippen LogP contribution in [0.25, 0.3) is 10.9 Å². The fraction of sp³-hybridized carbons (Fsp3) is 0.467. The second-order valence-corrected chi connectivity index (χ2v) is 13.1. The van der Waals surface area contributed by atoms with Gasteiger partial charge in [0.05, 0.1) is 10.4 Å². The van der Waals surface area contributed by atoms with E-state index in [1.807, 2.05) is 0 Å². The third-order valence-electron chi connectivity index (χ3n) is 8.44. The molecule has 0 N–H and O–H groups in total. The lowest BCUT2D eigenvalue weighted by Crippen LogP contribution is -2.54. The Bertz CT molecular complexity index is 1540. The summed E-state index contributed by atoms with van der Waals surface area (Å²) in [5.74, 6) is -0.319. The molecular weight excluding hydrogens is 512 g/mol. The number of anilines is 1. The third-order valence-corrected chi connectivity index (χ3v) is 10.3. The van der Waals surface area contributed by atoms with Gasteiger partial charge < -0.3 is 14.4 Å². The predicted octanol–water partition coefficient (Wildman–Crippen LogP) is 4.15. The molecule has 5 rings (SSSR count). The first-order chi connectivity index (χ1) is 18.6. The Morgan fingerprint density at radius 1 is 1.00 bits per heavy atom. The van der Waals surface area contributed by atoms with E-state index in [1.165, 1.54) is 15.9 Å². The number of fused-ring (bicyclic) bond motifs is 1. The van der Waals surface area contributed by atoms with Crippen molar-refractivity contribution in [2.24, 2.45) is 7.05 Å². The maximum absolute atomic E-state index is 13.6. The Morgan fingerprint density at radius 2 is 1.69 bits per heavy atom. The van der Waals surface area contributed by atoms with E-state index >= 15 is 0 Å². The van der Waals surface area contributed by atoms with Gasteiger partial charge in [-0.05, 0) is 57.0 Å². The highest BCUT2D eigenvalue weighted by atomic mass is 32.2. The van der Waals surface area contributed by atoms with Crippen molar-refractivity contribution in [1.82, 2.24) is 13.8 Å². The number of nitrogens with zero attached hydrogens (tertiary/aromatic N) is 4. The molecule has 1 saturated carbocycles. The van der Waals surface area contributed by atoms with Crippen LogP contribution in [0, 0.1) is 6.92 Å². The smallest absolute Gasteiger partial charge is 0.259 e. The van der Waals surface area contributed by atoms with Crippen LogP contribution in [0.4, 0.5) is 5.69 Å². The first-order valence-electron chi connectivity index (χ1n) is 13.8. The van der Waals surface area contributed by atoms with Gasteiger partial charge in [0.15, 0.2) is 0 Å². The summed E-state index contributed by atoms with van der Waals surface area (Å²) >= 11 is 0. The van der Waals surface area contributed by atoms with Crippen LogP contribution < -0.4 is 10.3 Å². The summed E-state index contributed by atoms with van der Waals surface area (Å²) in [4.78, 5) is 31.3. The largest absolute Gasteiger partial charge is 0.365 e. The highest BCUT2D eigenvalue weighted by Crippen LogP contribution is 2.28. The number of aryl methyl sites for hydroxylation is 2. The number of sulfonamides is 1. The SMILES string of the molecule is Cc1ccc(N2CCN(C(=O)c3cn(C)c4ccc(S(=O)(=O)N(C)C5CCCCC5)cc4c3=O)C[C@@H]2C)cc1. The number of hydrogen-bond donors (Lipinski definition) is 0. The first-order valence-corrected chi connectivity index (χ1v) is 15.3. The molecule has 2 aromatic carbocycles. The molecule has 0 spiro atoms. The van der Waals surface area contributed by atoms with Crippen molar-refractivity contribution in [3.63, 3.8) is 0 Å². The van der Waals surface area contributed by atoms with Gasteiger partial charge in [-0.2, -0.15) is 4.31 Å². The molecule has 1 atom stereocenters. The molecule has 8 nitrogen and oxygen atoms in total. The van der Waals surface area contributed by atoms with Gasteiger partial charge in [-0.1, -0.05) is 37.0 Å². The Balaban J connectivity index is 1.42. The number of benzene rings is 2. The molecule has 3 aromatic rings. The molecule has 0 bridgehead atoms. The summed E-state index contributed by atoms with van der Waals surface area (Å²) in [6.45, 7) is 5.80. The minimum atomic E-state index is -3.77. The highest BCUT2D eigenvalue weighted by Gasteiger charge is 2.31. The summed E-state index contributed by atoms with van der Waals surface area (Å²) in [5.41, 5.74) is 2.54. The molecule has 2 fully saturated rings. The molecule has 0 unspecified atom stereocenters. The number of piperazine rings is 1. The van der Waals surface area contributed by atoms with Crippen molar-refractivity contribution in [3.05, 3.63) is 70.0 Å². The van der Waals surface area contributed by atoms with Crippen molar-refractivity contribution < 1.29 is 13.2 Å². The van der Waals surface area contributed by atoms with E-state index in [-0.39, 0.29) is 33.8 Å². The Hall–Kier alpha value is -3.17. The zero-order chi connectivity index (χ0) is 27.9. The van der Waals surface area contributed by atoms with Crippen molar-refractivity contribution in [2.75, 3.05) is 31.6 Å². The molecule has 2 heterocycles. The van der Waals surface area contributed by atoms with E-state index in [2.05, 4.69) is 43.0 Å². The average Bonchev–Trinajstić information content (AvgIpc) is 2.95. The van der Waals surface area contributed by atoms with Crippen molar-refractivity contribution >= 4 is 32.5 Å². The molecular formula is C30H38N4O4S. The monoisotopic (exact) mass is 550 g/mol. The minimum Gasteiger partial charge on any atom is -0.365 e. The highest BCUT2D eigenvalue weighted by molar-refractivity contribution is 7.89. The molecule has 1 amide bonds. The van der Waals surface area contributed by atoms with Gasteiger partial charge in [0.2, 0.25) is 15.5 Å². The quantitative estimate of drug-likeness (QED) is 0.477. The predicted molar refractivity (Wildman–Crippen MR) is 155 cm³/mol. The van der Waals surface area contributed by atoms with Crippen molar-refractivity contribution in [2.45, 2.75) is 62.9 Å².